The Balaban J connectivity index is 2.57. The zero-order chi connectivity index (χ0) is 14.9. The van der Waals surface area contributed by atoms with Crippen LogP contribution in [-0.2, 0) is 5.60 Å². The van der Waals surface area contributed by atoms with E-state index in [0.29, 0.717) is 11.3 Å². The number of nitrogens with zero attached hydrogens (tertiary/aromatic N) is 1. The number of benzene rings is 1. The number of nitrogens with one attached hydrogen (secondary N) is 1. The molecule has 3 nitrogen and oxygen atoms in total. The fourth-order valence-electron chi connectivity index (χ4n) is 2.52. The molecular formula is C16H20N2OS. The van der Waals surface area contributed by atoms with Gasteiger partial charge in [-0.05, 0) is 49.8 Å². The Labute approximate surface area is 124 Å². The summed E-state index contributed by atoms with van der Waals surface area (Å²) < 4.78 is 0. The lowest BCUT2D eigenvalue weighted by atomic mass is 9.99. The molecule has 0 amide bonds. The van der Waals surface area contributed by atoms with Gasteiger partial charge in [0.25, 0.3) is 0 Å². The number of thioether (sulfide) groups is 1. The van der Waals surface area contributed by atoms with E-state index in [1.807, 2.05) is 32.9 Å². The number of rotatable bonds is 4. The Morgan fingerprint density at radius 1 is 1.40 bits per heavy atom. The molecule has 1 unspecified atom stereocenters. The number of H-pyrrole nitrogens is 1. The number of hydrogen-bond acceptors (Lipinski definition) is 3. The maximum absolute atomic E-state index is 10.7. The van der Waals surface area contributed by atoms with Crippen LogP contribution in [0.5, 0.6) is 0 Å². The van der Waals surface area contributed by atoms with Crippen LogP contribution in [0.15, 0.2) is 12.1 Å². The van der Waals surface area contributed by atoms with E-state index in [4.69, 9.17) is 5.26 Å². The molecule has 0 saturated carbocycles. The first kappa shape index (κ1) is 15.0. The van der Waals surface area contributed by atoms with Gasteiger partial charge in [-0.15, -0.1) is 0 Å². The Bertz CT molecular complexity index is 680. The molecule has 0 saturated heterocycles. The van der Waals surface area contributed by atoms with Crippen molar-refractivity contribution in [3.63, 3.8) is 0 Å². The molecule has 2 rings (SSSR count). The molecule has 1 aromatic heterocycles. The zero-order valence-electron chi connectivity index (χ0n) is 12.4. The molecule has 0 fully saturated rings. The van der Waals surface area contributed by atoms with Crippen LogP contribution >= 0.6 is 11.8 Å². The Morgan fingerprint density at radius 2 is 2.10 bits per heavy atom. The molecule has 0 aliphatic heterocycles. The van der Waals surface area contributed by atoms with Crippen LogP contribution in [0, 0.1) is 25.2 Å². The van der Waals surface area contributed by atoms with Crippen molar-refractivity contribution in [2.24, 2.45) is 0 Å². The fraction of sp³-hybridized carbons (Fsp3) is 0.438. The van der Waals surface area contributed by atoms with Crippen LogP contribution in [0.1, 0.15) is 36.2 Å². The van der Waals surface area contributed by atoms with Crippen molar-refractivity contribution in [2.75, 3.05) is 11.5 Å². The van der Waals surface area contributed by atoms with Crippen LogP contribution in [0.25, 0.3) is 10.9 Å². The molecule has 4 heteroatoms. The normalized spacial score (nSPS) is 14.2. The average molecular weight is 288 g/mol. The van der Waals surface area contributed by atoms with Gasteiger partial charge in [-0.2, -0.15) is 17.0 Å². The van der Waals surface area contributed by atoms with E-state index in [1.54, 1.807) is 11.8 Å². The van der Waals surface area contributed by atoms with Crippen LogP contribution in [-0.4, -0.2) is 21.6 Å². The molecule has 0 aliphatic carbocycles. The summed E-state index contributed by atoms with van der Waals surface area (Å²) in [6.45, 7) is 7.85. The minimum Gasteiger partial charge on any atom is -0.383 e. The van der Waals surface area contributed by atoms with Crippen LogP contribution in [0.3, 0.4) is 0 Å². The highest BCUT2D eigenvalue weighted by Gasteiger charge is 2.27. The molecule has 0 bridgehead atoms. The predicted octanol–water partition coefficient (Wildman–Crippen LogP) is 3.62. The largest absolute Gasteiger partial charge is 0.383 e. The second-order valence-electron chi connectivity index (χ2n) is 5.36. The van der Waals surface area contributed by atoms with Crippen molar-refractivity contribution in [1.82, 2.24) is 4.98 Å². The van der Waals surface area contributed by atoms with E-state index in [9.17, 15) is 5.11 Å². The summed E-state index contributed by atoms with van der Waals surface area (Å²) in [5.74, 6) is 1.63. The number of aliphatic hydroxyl groups is 1. The average Bonchev–Trinajstić information content (AvgIpc) is 2.73. The lowest BCUT2D eigenvalue weighted by molar-refractivity contribution is 0.0793. The van der Waals surface area contributed by atoms with Crippen LogP contribution < -0.4 is 0 Å². The summed E-state index contributed by atoms with van der Waals surface area (Å²) in [7, 11) is 0. The van der Waals surface area contributed by atoms with E-state index in [0.717, 1.165) is 33.5 Å². The van der Waals surface area contributed by atoms with E-state index in [-0.39, 0.29) is 0 Å². The van der Waals surface area contributed by atoms with Crippen molar-refractivity contribution in [2.45, 2.75) is 33.3 Å². The Hall–Kier alpha value is -1.44. The summed E-state index contributed by atoms with van der Waals surface area (Å²) in [5, 5.41) is 20.8. The standard InChI is InChI=1S/C16H20N2OS/c1-5-20-9-16(4,19)15-11(3)13-7-12(8-17)10(2)6-14(13)18-15/h6-7,18-19H,5,9H2,1-4H3. The number of aryl methyl sites for hydroxylation is 2. The summed E-state index contributed by atoms with van der Waals surface area (Å²) in [6.07, 6.45) is 0. The number of nitriles is 1. The first-order valence-corrected chi connectivity index (χ1v) is 7.89. The maximum atomic E-state index is 10.7. The Morgan fingerprint density at radius 3 is 2.70 bits per heavy atom. The van der Waals surface area contributed by atoms with E-state index < -0.39 is 5.60 Å². The molecule has 0 spiro atoms. The third-order valence-electron chi connectivity index (χ3n) is 3.65. The third-order valence-corrected chi connectivity index (χ3v) is 4.82. The molecule has 1 aromatic carbocycles. The van der Waals surface area contributed by atoms with Gasteiger partial charge in [0.05, 0.1) is 17.3 Å². The molecule has 2 N–H and O–H groups in total. The number of hydrogen-bond donors (Lipinski definition) is 2. The molecule has 20 heavy (non-hydrogen) atoms. The van der Waals surface area contributed by atoms with Crippen molar-refractivity contribution in [1.29, 1.82) is 5.26 Å². The summed E-state index contributed by atoms with van der Waals surface area (Å²) in [4.78, 5) is 3.33. The second kappa shape index (κ2) is 5.51. The van der Waals surface area contributed by atoms with Gasteiger partial charge in [0, 0.05) is 16.7 Å². The SMILES string of the molecule is CCSCC(C)(O)c1[nH]c2cc(C)c(C#N)cc2c1C. The van der Waals surface area contributed by atoms with E-state index >= 15 is 0 Å². The first-order valence-electron chi connectivity index (χ1n) is 6.74. The minimum atomic E-state index is -0.884. The van der Waals surface area contributed by atoms with Gasteiger partial charge >= 0.3 is 0 Å². The summed E-state index contributed by atoms with van der Waals surface area (Å²) in [6, 6.07) is 6.10. The topological polar surface area (TPSA) is 59.8 Å². The van der Waals surface area contributed by atoms with Crippen LogP contribution in [0.4, 0.5) is 0 Å². The molecule has 2 aromatic rings. The van der Waals surface area contributed by atoms with Gasteiger partial charge in [-0.3, -0.25) is 0 Å². The number of fused-ring (bicyclic) bond motifs is 1. The lowest BCUT2D eigenvalue weighted by Gasteiger charge is -2.22. The Kier molecular flexibility index (Phi) is 4.12. The smallest absolute Gasteiger partial charge is 0.111 e. The summed E-state index contributed by atoms with van der Waals surface area (Å²) >= 11 is 1.72. The van der Waals surface area contributed by atoms with Gasteiger partial charge in [0.2, 0.25) is 0 Å². The van der Waals surface area contributed by atoms with E-state index in [1.165, 1.54) is 0 Å². The zero-order valence-corrected chi connectivity index (χ0v) is 13.2. The van der Waals surface area contributed by atoms with Crippen LogP contribution in [0.2, 0.25) is 0 Å². The van der Waals surface area contributed by atoms with Crippen molar-refractivity contribution >= 4 is 22.7 Å². The molecule has 1 heterocycles. The highest BCUT2D eigenvalue weighted by atomic mass is 32.2. The quantitative estimate of drug-likeness (QED) is 0.903. The second-order valence-corrected chi connectivity index (χ2v) is 6.63. The maximum Gasteiger partial charge on any atom is 0.111 e. The van der Waals surface area contributed by atoms with Gasteiger partial charge in [-0.1, -0.05) is 6.92 Å². The monoisotopic (exact) mass is 288 g/mol. The number of aromatic nitrogens is 1. The molecule has 0 aliphatic rings. The van der Waals surface area contributed by atoms with E-state index in [2.05, 4.69) is 18.0 Å². The third kappa shape index (κ3) is 2.56. The van der Waals surface area contributed by atoms with Gasteiger partial charge in [0.1, 0.15) is 5.60 Å². The summed E-state index contributed by atoms with van der Waals surface area (Å²) in [5.41, 5.74) is 3.62. The molecule has 1 atom stereocenters. The van der Waals surface area contributed by atoms with Gasteiger partial charge in [0.15, 0.2) is 0 Å². The lowest BCUT2D eigenvalue weighted by Crippen LogP contribution is -2.26. The van der Waals surface area contributed by atoms with Crippen molar-refractivity contribution < 1.29 is 5.11 Å². The number of aromatic amines is 1. The van der Waals surface area contributed by atoms with Crippen molar-refractivity contribution in [3.05, 3.63) is 34.5 Å². The van der Waals surface area contributed by atoms with Gasteiger partial charge < -0.3 is 10.1 Å². The molecule has 0 radical (unpaired) electrons. The first-order chi connectivity index (χ1) is 9.40. The molecule has 106 valence electrons. The van der Waals surface area contributed by atoms with Crippen molar-refractivity contribution in [3.8, 4) is 6.07 Å². The highest BCUT2D eigenvalue weighted by Crippen LogP contribution is 2.33. The fourth-order valence-corrected chi connectivity index (χ4v) is 3.26. The minimum absolute atomic E-state index is 0.654. The predicted molar refractivity (Wildman–Crippen MR) is 85.1 cm³/mol. The van der Waals surface area contributed by atoms with Gasteiger partial charge in [-0.25, -0.2) is 0 Å². The highest BCUT2D eigenvalue weighted by molar-refractivity contribution is 7.99. The molecular weight excluding hydrogens is 268 g/mol.